The van der Waals surface area contributed by atoms with Crippen LogP contribution in [0.4, 0.5) is 0 Å². The van der Waals surface area contributed by atoms with Crippen molar-refractivity contribution in [2.24, 2.45) is 5.73 Å². The van der Waals surface area contributed by atoms with Gasteiger partial charge in [0.05, 0.1) is 12.1 Å². The molecule has 0 aliphatic heterocycles. The molecule has 6 nitrogen and oxygen atoms in total. The van der Waals surface area contributed by atoms with Gasteiger partial charge in [0, 0.05) is 0 Å². The third-order valence-electron chi connectivity index (χ3n) is 1.86. The van der Waals surface area contributed by atoms with E-state index in [4.69, 9.17) is 10.3 Å². The van der Waals surface area contributed by atoms with Crippen LogP contribution in [-0.2, 0) is 6.54 Å². The first-order valence-corrected chi connectivity index (χ1v) is 4.25. The van der Waals surface area contributed by atoms with Gasteiger partial charge in [-0.3, -0.25) is 0 Å². The average molecular weight is 207 g/mol. The smallest absolute Gasteiger partial charge is 0.240 e. The van der Waals surface area contributed by atoms with Crippen molar-refractivity contribution in [1.29, 1.82) is 0 Å². The molecular weight excluding hydrogens is 198 g/mol. The van der Waals surface area contributed by atoms with Gasteiger partial charge in [0.1, 0.15) is 11.5 Å². The van der Waals surface area contributed by atoms with Gasteiger partial charge in [0.25, 0.3) is 0 Å². The van der Waals surface area contributed by atoms with Gasteiger partial charge in [-0.15, -0.1) is 0 Å². The summed E-state index contributed by atoms with van der Waals surface area (Å²) in [6, 6.07) is 4.06. The van der Waals surface area contributed by atoms with E-state index in [0.717, 1.165) is 0 Å². The molecule has 0 aliphatic rings. The third-order valence-corrected chi connectivity index (χ3v) is 1.86. The fourth-order valence-corrected chi connectivity index (χ4v) is 1.15. The number of aromatic nitrogens is 2. The van der Waals surface area contributed by atoms with Crippen LogP contribution in [0.5, 0.6) is 11.5 Å². The predicted molar refractivity (Wildman–Crippen MR) is 51.0 cm³/mol. The van der Waals surface area contributed by atoms with Gasteiger partial charge in [-0.25, -0.2) is 0 Å². The lowest BCUT2D eigenvalue weighted by Crippen LogP contribution is -1.95. The predicted octanol–water partition coefficient (Wildman–Crippen LogP) is 0.606. The third kappa shape index (κ3) is 1.75. The first-order chi connectivity index (χ1) is 7.20. The lowest BCUT2D eigenvalue weighted by Gasteiger charge is -1.99. The molecule has 4 N–H and O–H groups in total. The van der Waals surface area contributed by atoms with E-state index in [1.165, 1.54) is 18.2 Å². The first kappa shape index (κ1) is 9.47. The zero-order chi connectivity index (χ0) is 10.8. The van der Waals surface area contributed by atoms with Gasteiger partial charge in [-0.05, 0) is 18.2 Å². The maximum atomic E-state index is 9.51. The summed E-state index contributed by atoms with van der Waals surface area (Å²) in [7, 11) is 0. The molecule has 1 aromatic heterocycles. The van der Waals surface area contributed by atoms with E-state index in [0.29, 0.717) is 5.56 Å². The van der Waals surface area contributed by atoms with E-state index in [1.807, 2.05) is 0 Å². The fourth-order valence-electron chi connectivity index (χ4n) is 1.15. The summed E-state index contributed by atoms with van der Waals surface area (Å²) >= 11 is 0. The maximum Gasteiger partial charge on any atom is 0.240 e. The van der Waals surface area contributed by atoms with Crippen LogP contribution in [0.25, 0.3) is 11.4 Å². The Bertz CT molecular complexity index is 481. The highest BCUT2D eigenvalue weighted by molar-refractivity contribution is 5.65. The van der Waals surface area contributed by atoms with Crippen LogP contribution in [0.1, 0.15) is 5.89 Å². The Hall–Kier alpha value is -2.08. The highest BCUT2D eigenvalue weighted by Gasteiger charge is 2.12. The second-order valence-electron chi connectivity index (χ2n) is 2.92. The molecule has 0 atom stereocenters. The number of benzene rings is 1. The highest BCUT2D eigenvalue weighted by atomic mass is 16.5. The van der Waals surface area contributed by atoms with Crippen molar-refractivity contribution in [2.45, 2.75) is 6.54 Å². The zero-order valence-electron chi connectivity index (χ0n) is 7.71. The lowest BCUT2D eigenvalue weighted by molar-refractivity contribution is 0.380. The monoisotopic (exact) mass is 207 g/mol. The molecule has 0 radical (unpaired) electrons. The van der Waals surface area contributed by atoms with Gasteiger partial charge >= 0.3 is 0 Å². The molecule has 78 valence electrons. The minimum Gasteiger partial charge on any atom is -0.508 e. The summed E-state index contributed by atoms with van der Waals surface area (Å²) < 4.78 is 4.78. The minimum atomic E-state index is -0.0304. The SMILES string of the molecule is NCc1nc(-c2cc(O)ccc2O)no1. The summed E-state index contributed by atoms with van der Waals surface area (Å²) in [6.07, 6.45) is 0. The van der Waals surface area contributed by atoms with Crippen LogP contribution in [0, 0.1) is 0 Å². The molecule has 2 rings (SSSR count). The van der Waals surface area contributed by atoms with Crippen LogP contribution in [-0.4, -0.2) is 20.4 Å². The van der Waals surface area contributed by atoms with E-state index >= 15 is 0 Å². The molecule has 0 amide bonds. The van der Waals surface area contributed by atoms with Gasteiger partial charge in [-0.1, -0.05) is 5.16 Å². The Morgan fingerprint density at radius 1 is 1.33 bits per heavy atom. The number of aromatic hydroxyl groups is 2. The summed E-state index contributed by atoms with van der Waals surface area (Å²) in [6.45, 7) is 0.132. The summed E-state index contributed by atoms with van der Waals surface area (Å²) in [5.74, 6) is 0.454. The van der Waals surface area contributed by atoms with Crippen molar-refractivity contribution in [3.8, 4) is 22.9 Å². The Morgan fingerprint density at radius 3 is 2.80 bits per heavy atom. The summed E-state index contributed by atoms with van der Waals surface area (Å²) in [5, 5.41) is 22.4. The number of rotatable bonds is 2. The van der Waals surface area contributed by atoms with Crippen LogP contribution in [0.2, 0.25) is 0 Å². The second-order valence-corrected chi connectivity index (χ2v) is 2.92. The van der Waals surface area contributed by atoms with Gasteiger partial charge in [0.2, 0.25) is 11.7 Å². The summed E-state index contributed by atoms with van der Waals surface area (Å²) in [5.41, 5.74) is 5.61. The molecule has 0 saturated heterocycles. The molecule has 0 fully saturated rings. The number of hydrogen-bond donors (Lipinski definition) is 3. The number of phenolic OH excluding ortho intramolecular Hbond substituents is 2. The van der Waals surface area contributed by atoms with E-state index in [1.54, 1.807) is 0 Å². The molecule has 1 aromatic carbocycles. The molecule has 0 saturated carbocycles. The van der Waals surface area contributed by atoms with Crippen LogP contribution >= 0.6 is 0 Å². The van der Waals surface area contributed by atoms with E-state index in [2.05, 4.69) is 10.1 Å². The fraction of sp³-hybridized carbons (Fsp3) is 0.111. The Labute approximate surface area is 85.0 Å². The average Bonchev–Trinajstić information content (AvgIpc) is 2.70. The van der Waals surface area contributed by atoms with Crippen molar-refractivity contribution in [1.82, 2.24) is 10.1 Å². The van der Waals surface area contributed by atoms with E-state index in [9.17, 15) is 10.2 Å². The number of phenols is 2. The normalized spacial score (nSPS) is 10.5. The molecule has 0 unspecified atom stereocenters. The number of nitrogens with two attached hydrogens (primary N) is 1. The Morgan fingerprint density at radius 2 is 2.13 bits per heavy atom. The van der Waals surface area contributed by atoms with Crippen molar-refractivity contribution in [2.75, 3.05) is 0 Å². The minimum absolute atomic E-state index is 0.0156. The van der Waals surface area contributed by atoms with Gasteiger partial charge in [-0.2, -0.15) is 4.98 Å². The molecule has 15 heavy (non-hydrogen) atoms. The van der Waals surface area contributed by atoms with Crippen molar-refractivity contribution in [3.05, 3.63) is 24.1 Å². The number of hydrogen-bond acceptors (Lipinski definition) is 6. The van der Waals surface area contributed by atoms with Gasteiger partial charge < -0.3 is 20.5 Å². The van der Waals surface area contributed by atoms with Crippen LogP contribution < -0.4 is 5.73 Å². The number of nitrogens with zero attached hydrogens (tertiary/aromatic N) is 2. The molecule has 0 spiro atoms. The van der Waals surface area contributed by atoms with E-state index < -0.39 is 0 Å². The van der Waals surface area contributed by atoms with Crippen LogP contribution in [0.15, 0.2) is 22.7 Å². The topological polar surface area (TPSA) is 105 Å². The second kappa shape index (κ2) is 3.58. The molecule has 0 aliphatic carbocycles. The van der Waals surface area contributed by atoms with Crippen molar-refractivity contribution < 1.29 is 14.7 Å². The first-order valence-electron chi connectivity index (χ1n) is 4.25. The van der Waals surface area contributed by atoms with Gasteiger partial charge in [0.15, 0.2) is 0 Å². The highest BCUT2D eigenvalue weighted by Crippen LogP contribution is 2.29. The standard InChI is InChI=1S/C9H9N3O3/c10-4-8-11-9(12-15-8)6-3-5(13)1-2-7(6)14/h1-3,13-14H,4,10H2. The Kier molecular flexibility index (Phi) is 2.26. The molecule has 1 heterocycles. The zero-order valence-corrected chi connectivity index (χ0v) is 7.71. The van der Waals surface area contributed by atoms with E-state index in [-0.39, 0.29) is 29.8 Å². The quantitative estimate of drug-likeness (QED) is 0.623. The van der Waals surface area contributed by atoms with Crippen molar-refractivity contribution >= 4 is 0 Å². The maximum absolute atomic E-state index is 9.51. The molecule has 0 bridgehead atoms. The summed E-state index contributed by atoms with van der Waals surface area (Å²) in [4.78, 5) is 3.93. The largest absolute Gasteiger partial charge is 0.508 e. The molecule has 2 aromatic rings. The van der Waals surface area contributed by atoms with Crippen LogP contribution in [0.3, 0.4) is 0 Å². The lowest BCUT2D eigenvalue weighted by atomic mass is 10.2. The molecule has 6 heteroatoms. The molecular formula is C9H9N3O3. The van der Waals surface area contributed by atoms with Crippen molar-refractivity contribution in [3.63, 3.8) is 0 Å². The Balaban J connectivity index is 2.48.